The van der Waals surface area contributed by atoms with Crippen molar-refractivity contribution in [3.8, 4) is 0 Å². The number of benzene rings is 2. The number of halogens is 5. The number of carbonyl (C=O) groups excluding carboxylic acids is 1. The van der Waals surface area contributed by atoms with Gasteiger partial charge in [-0.25, -0.2) is 4.79 Å². The van der Waals surface area contributed by atoms with E-state index < -0.39 is 17.8 Å². The number of alkyl halides is 3. The van der Waals surface area contributed by atoms with E-state index in [1.54, 1.807) is 0 Å². The number of carbonyl (C=O) groups is 1. The van der Waals surface area contributed by atoms with E-state index in [9.17, 15) is 18.0 Å². The van der Waals surface area contributed by atoms with Gasteiger partial charge in [-0.1, -0.05) is 73.4 Å². The SMILES string of the molecule is Cn1nc(C(F)(F)F)c(C=NOC(=O)c2ccc(Cl)cc2Cl)c1SCc1ccc(C(C)(C)C)cc1. The second-order valence-electron chi connectivity index (χ2n) is 8.66. The van der Waals surface area contributed by atoms with Crippen molar-refractivity contribution in [1.82, 2.24) is 9.78 Å². The molecule has 0 radical (unpaired) electrons. The van der Waals surface area contributed by atoms with Gasteiger partial charge in [0.2, 0.25) is 0 Å². The van der Waals surface area contributed by atoms with Gasteiger partial charge in [0, 0.05) is 17.8 Å². The molecule has 0 amide bonds. The highest BCUT2D eigenvalue weighted by molar-refractivity contribution is 7.98. The Morgan fingerprint density at radius 2 is 1.80 bits per heavy atom. The molecule has 0 aliphatic heterocycles. The lowest BCUT2D eigenvalue weighted by molar-refractivity contribution is -0.141. The Bertz CT molecular complexity index is 1250. The van der Waals surface area contributed by atoms with Crippen LogP contribution in [0.4, 0.5) is 13.2 Å². The standard InChI is InChI=1S/C24H22Cl2F3N3O2S/c1-23(2,3)15-7-5-14(6-8-15)13-35-21-18(20(24(27,28)29)31-32(21)4)12-30-34-22(33)17-10-9-16(25)11-19(17)26/h5-12H,13H2,1-4H3. The molecular formula is C24H22Cl2F3N3O2S. The van der Waals surface area contributed by atoms with E-state index in [1.165, 1.54) is 37.0 Å². The normalized spacial score (nSPS) is 12.4. The van der Waals surface area contributed by atoms with Gasteiger partial charge in [-0.3, -0.25) is 4.68 Å². The summed E-state index contributed by atoms with van der Waals surface area (Å²) in [6.45, 7) is 6.30. The van der Waals surface area contributed by atoms with Crippen LogP contribution < -0.4 is 0 Å². The Labute approximate surface area is 215 Å². The molecule has 0 spiro atoms. The fourth-order valence-corrected chi connectivity index (χ4v) is 4.62. The average Bonchev–Trinajstić information content (AvgIpc) is 3.07. The number of hydrogen-bond acceptors (Lipinski definition) is 5. The summed E-state index contributed by atoms with van der Waals surface area (Å²) in [5.41, 5.74) is 0.628. The number of hydrogen-bond donors (Lipinski definition) is 0. The minimum absolute atomic E-state index is 0.00731. The van der Waals surface area contributed by atoms with Crippen molar-refractivity contribution in [2.75, 3.05) is 0 Å². The van der Waals surface area contributed by atoms with Crippen LogP contribution in [-0.4, -0.2) is 22.0 Å². The molecule has 0 aliphatic carbocycles. The maximum Gasteiger partial charge on any atom is 0.435 e. The molecule has 1 aromatic heterocycles. The summed E-state index contributed by atoms with van der Waals surface area (Å²) >= 11 is 12.9. The zero-order valence-electron chi connectivity index (χ0n) is 19.3. The summed E-state index contributed by atoms with van der Waals surface area (Å²) in [6.07, 6.45) is -3.89. The quantitative estimate of drug-likeness (QED) is 0.139. The van der Waals surface area contributed by atoms with Crippen LogP contribution in [0.25, 0.3) is 0 Å². The van der Waals surface area contributed by atoms with E-state index in [0.29, 0.717) is 10.8 Å². The molecule has 0 N–H and O–H groups in total. The zero-order chi connectivity index (χ0) is 26.0. The van der Waals surface area contributed by atoms with Gasteiger partial charge in [0.05, 0.1) is 22.4 Å². The molecule has 0 saturated heterocycles. The first-order valence-electron chi connectivity index (χ1n) is 10.3. The summed E-state index contributed by atoms with van der Waals surface area (Å²) in [5, 5.41) is 7.68. The van der Waals surface area contributed by atoms with E-state index in [2.05, 4.69) is 31.0 Å². The maximum atomic E-state index is 13.6. The number of rotatable bonds is 6. The third-order valence-corrected chi connectivity index (χ3v) is 6.74. The predicted octanol–water partition coefficient (Wildman–Crippen LogP) is 7.53. The number of aryl methyl sites for hydroxylation is 1. The largest absolute Gasteiger partial charge is 0.435 e. The zero-order valence-corrected chi connectivity index (χ0v) is 21.6. The van der Waals surface area contributed by atoms with Crippen molar-refractivity contribution >= 4 is 47.1 Å². The molecule has 35 heavy (non-hydrogen) atoms. The van der Waals surface area contributed by atoms with Gasteiger partial charge in [0.15, 0.2) is 5.69 Å². The lowest BCUT2D eigenvalue weighted by Gasteiger charge is -2.19. The molecule has 5 nitrogen and oxygen atoms in total. The van der Waals surface area contributed by atoms with Crippen LogP contribution in [0.1, 0.15) is 53.5 Å². The number of oxime groups is 1. The van der Waals surface area contributed by atoms with Gasteiger partial charge in [-0.15, -0.1) is 11.8 Å². The molecule has 11 heteroatoms. The number of nitrogens with zero attached hydrogens (tertiary/aromatic N) is 3. The minimum atomic E-state index is -4.73. The fourth-order valence-electron chi connectivity index (χ4n) is 3.11. The average molecular weight is 544 g/mol. The van der Waals surface area contributed by atoms with Crippen molar-refractivity contribution in [3.05, 3.63) is 80.5 Å². The highest BCUT2D eigenvalue weighted by atomic mass is 35.5. The summed E-state index contributed by atoms with van der Waals surface area (Å²) in [4.78, 5) is 17.0. The van der Waals surface area contributed by atoms with Crippen molar-refractivity contribution in [2.45, 2.75) is 43.1 Å². The molecular weight excluding hydrogens is 522 g/mol. The van der Waals surface area contributed by atoms with Gasteiger partial charge < -0.3 is 4.84 Å². The van der Waals surface area contributed by atoms with E-state index in [4.69, 9.17) is 28.0 Å². The van der Waals surface area contributed by atoms with Crippen LogP contribution in [0.2, 0.25) is 10.0 Å². The van der Waals surface area contributed by atoms with E-state index >= 15 is 0 Å². The monoisotopic (exact) mass is 543 g/mol. The molecule has 3 aromatic rings. The predicted molar refractivity (Wildman–Crippen MR) is 132 cm³/mol. The van der Waals surface area contributed by atoms with Gasteiger partial charge in [0.1, 0.15) is 5.03 Å². The fraction of sp³-hybridized carbons (Fsp3) is 0.292. The topological polar surface area (TPSA) is 56.5 Å². The van der Waals surface area contributed by atoms with Crippen molar-refractivity contribution in [2.24, 2.45) is 12.2 Å². The second-order valence-corrected chi connectivity index (χ2v) is 10.5. The summed E-state index contributed by atoms with van der Waals surface area (Å²) in [5.74, 6) is -0.532. The number of aromatic nitrogens is 2. The Hall–Kier alpha value is -2.49. The first-order chi connectivity index (χ1) is 16.3. The third kappa shape index (κ3) is 6.80. The second kappa shape index (κ2) is 10.6. The van der Waals surface area contributed by atoms with Crippen molar-refractivity contribution < 1.29 is 22.8 Å². The molecule has 2 aromatic carbocycles. The molecule has 3 rings (SSSR count). The Balaban J connectivity index is 1.83. The summed E-state index contributed by atoms with van der Waals surface area (Å²) < 4.78 is 42.0. The summed E-state index contributed by atoms with van der Waals surface area (Å²) in [6, 6.07) is 12.0. The van der Waals surface area contributed by atoms with Crippen LogP contribution in [0, 0.1) is 0 Å². The third-order valence-electron chi connectivity index (χ3n) is 4.96. The van der Waals surface area contributed by atoms with Crippen LogP contribution in [0.15, 0.2) is 52.6 Å². The molecule has 0 saturated carbocycles. The highest BCUT2D eigenvalue weighted by Gasteiger charge is 2.38. The number of thioether (sulfide) groups is 1. The van der Waals surface area contributed by atoms with Crippen LogP contribution >= 0.6 is 35.0 Å². The molecule has 0 unspecified atom stereocenters. The first-order valence-corrected chi connectivity index (χ1v) is 12.1. The van der Waals surface area contributed by atoms with Crippen LogP contribution in [-0.2, 0) is 29.2 Å². The minimum Gasteiger partial charge on any atom is -0.313 e. The summed E-state index contributed by atoms with van der Waals surface area (Å²) in [7, 11) is 1.41. The van der Waals surface area contributed by atoms with E-state index in [0.717, 1.165) is 22.0 Å². The van der Waals surface area contributed by atoms with Gasteiger partial charge >= 0.3 is 12.1 Å². The Morgan fingerprint density at radius 1 is 1.14 bits per heavy atom. The molecule has 0 fully saturated rings. The Morgan fingerprint density at radius 3 is 2.37 bits per heavy atom. The molecule has 0 atom stereocenters. The van der Waals surface area contributed by atoms with Crippen molar-refractivity contribution in [3.63, 3.8) is 0 Å². The van der Waals surface area contributed by atoms with E-state index in [-0.39, 0.29) is 26.6 Å². The Kier molecular flexibility index (Phi) is 8.24. The lowest BCUT2D eigenvalue weighted by Crippen LogP contribution is -2.10. The van der Waals surface area contributed by atoms with Crippen LogP contribution in [0.5, 0.6) is 0 Å². The van der Waals surface area contributed by atoms with Gasteiger partial charge in [-0.05, 0) is 34.7 Å². The molecule has 0 aliphatic rings. The highest BCUT2D eigenvalue weighted by Crippen LogP contribution is 2.36. The first kappa shape index (κ1) is 27.1. The maximum absolute atomic E-state index is 13.6. The van der Waals surface area contributed by atoms with Crippen LogP contribution in [0.3, 0.4) is 0 Å². The smallest absolute Gasteiger partial charge is 0.313 e. The lowest BCUT2D eigenvalue weighted by atomic mass is 9.87. The molecule has 1 heterocycles. The van der Waals surface area contributed by atoms with Gasteiger partial charge in [-0.2, -0.15) is 18.3 Å². The van der Waals surface area contributed by atoms with E-state index in [1.807, 2.05) is 24.3 Å². The van der Waals surface area contributed by atoms with Gasteiger partial charge in [0.25, 0.3) is 0 Å². The van der Waals surface area contributed by atoms with Crippen molar-refractivity contribution in [1.29, 1.82) is 0 Å². The molecule has 186 valence electrons. The molecule has 0 bridgehead atoms.